The maximum atomic E-state index is 13.1. The number of likely N-dealkylation sites (tertiary alicyclic amines) is 1. The first kappa shape index (κ1) is 16.6. The van der Waals surface area contributed by atoms with Crippen LogP contribution < -0.4 is 0 Å². The Bertz CT molecular complexity index is 942. The van der Waals surface area contributed by atoms with Gasteiger partial charge < -0.3 is 10.0 Å². The third-order valence-electron chi connectivity index (χ3n) is 5.22. The summed E-state index contributed by atoms with van der Waals surface area (Å²) in [5, 5.41) is 10.4. The van der Waals surface area contributed by atoms with Crippen molar-refractivity contribution in [2.75, 3.05) is 13.1 Å². The second kappa shape index (κ2) is 6.79. The van der Waals surface area contributed by atoms with Crippen molar-refractivity contribution in [2.24, 2.45) is 0 Å². The lowest BCUT2D eigenvalue weighted by Gasteiger charge is -2.32. The summed E-state index contributed by atoms with van der Waals surface area (Å²) in [5.74, 6) is 0.827. The van der Waals surface area contributed by atoms with Gasteiger partial charge in [0.15, 0.2) is 0 Å². The van der Waals surface area contributed by atoms with Crippen molar-refractivity contribution >= 4 is 16.8 Å². The van der Waals surface area contributed by atoms with Crippen LogP contribution in [0.5, 0.6) is 5.75 Å². The number of aromatic nitrogens is 1. The molecular weight excluding hydrogens is 324 g/mol. The van der Waals surface area contributed by atoms with Crippen LogP contribution in [0.3, 0.4) is 0 Å². The Balaban J connectivity index is 1.53. The van der Waals surface area contributed by atoms with Gasteiger partial charge in [0.25, 0.3) is 5.91 Å². The summed E-state index contributed by atoms with van der Waals surface area (Å²) in [6.45, 7) is 3.43. The molecule has 1 N–H and O–H groups in total. The number of carbonyl (C=O) groups is 1. The molecule has 1 saturated heterocycles. The standard InChI is InChI=1S/C22H22N2O2/c1-15-14-20(19-4-2-3-5-21(19)23-15)22(26)24-12-10-17(11-13-24)16-6-8-18(25)9-7-16/h2-9,14,17,25H,10-13H2,1H3. The lowest BCUT2D eigenvalue weighted by Crippen LogP contribution is -2.38. The largest absolute Gasteiger partial charge is 0.508 e. The molecule has 0 aliphatic carbocycles. The van der Waals surface area contributed by atoms with Gasteiger partial charge in [-0.15, -0.1) is 0 Å². The zero-order chi connectivity index (χ0) is 18.1. The molecule has 1 aliphatic rings. The number of amides is 1. The average molecular weight is 346 g/mol. The molecular formula is C22H22N2O2. The number of pyridine rings is 1. The Labute approximate surface area is 153 Å². The molecule has 4 nitrogen and oxygen atoms in total. The van der Waals surface area contributed by atoms with Crippen LogP contribution in [0, 0.1) is 6.92 Å². The summed E-state index contributed by atoms with van der Waals surface area (Å²) in [6, 6.07) is 17.2. The minimum absolute atomic E-state index is 0.0934. The monoisotopic (exact) mass is 346 g/mol. The van der Waals surface area contributed by atoms with Gasteiger partial charge >= 0.3 is 0 Å². The van der Waals surface area contributed by atoms with E-state index >= 15 is 0 Å². The van der Waals surface area contributed by atoms with E-state index in [4.69, 9.17) is 0 Å². The predicted molar refractivity (Wildman–Crippen MR) is 102 cm³/mol. The molecule has 0 bridgehead atoms. The number of carbonyl (C=O) groups excluding carboxylic acids is 1. The quantitative estimate of drug-likeness (QED) is 0.754. The van der Waals surface area contributed by atoms with Crippen LogP contribution in [0.4, 0.5) is 0 Å². The average Bonchev–Trinajstić information content (AvgIpc) is 2.67. The van der Waals surface area contributed by atoms with Crippen LogP contribution in [-0.2, 0) is 0 Å². The smallest absolute Gasteiger partial charge is 0.254 e. The van der Waals surface area contributed by atoms with Gasteiger partial charge in [0.1, 0.15) is 5.75 Å². The van der Waals surface area contributed by atoms with Crippen molar-refractivity contribution in [2.45, 2.75) is 25.7 Å². The van der Waals surface area contributed by atoms with Crippen molar-refractivity contribution in [3.05, 3.63) is 71.4 Å². The molecule has 4 rings (SSSR count). The van der Waals surface area contributed by atoms with Gasteiger partial charge in [-0.25, -0.2) is 0 Å². The molecule has 2 heterocycles. The number of benzene rings is 2. The molecule has 1 aliphatic heterocycles. The van der Waals surface area contributed by atoms with E-state index in [1.807, 2.05) is 54.3 Å². The van der Waals surface area contributed by atoms with Crippen LogP contribution in [0.15, 0.2) is 54.6 Å². The highest BCUT2D eigenvalue weighted by Gasteiger charge is 2.25. The molecule has 132 valence electrons. The van der Waals surface area contributed by atoms with Gasteiger partial charge in [0, 0.05) is 24.2 Å². The Hall–Kier alpha value is -2.88. The number of hydrogen-bond donors (Lipinski definition) is 1. The van der Waals surface area contributed by atoms with E-state index in [9.17, 15) is 9.90 Å². The summed E-state index contributed by atoms with van der Waals surface area (Å²) in [4.78, 5) is 19.6. The molecule has 2 aromatic carbocycles. The van der Waals surface area contributed by atoms with E-state index in [0.29, 0.717) is 11.7 Å². The molecule has 0 atom stereocenters. The number of phenolic OH excluding ortho intramolecular Hbond substituents is 1. The molecule has 0 unspecified atom stereocenters. The fourth-order valence-corrected chi connectivity index (χ4v) is 3.82. The number of para-hydroxylation sites is 1. The molecule has 3 aromatic rings. The zero-order valence-electron chi connectivity index (χ0n) is 14.9. The first-order valence-electron chi connectivity index (χ1n) is 9.06. The van der Waals surface area contributed by atoms with Crippen molar-refractivity contribution in [1.82, 2.24) is 9.88 Å². The summed E-state index contributed by atoms with van der Waals surface area (Å²) >= 11 is 0. The first-order chi connectivity index (χ1) is 12.6. The number of nitrogens with zero attached hydrogens (tertiary/aromatic N) is 2. The second-order valence-electron chi connectivity index (χ2n) is 6.99. The van der Waals surface area contributed by atoms with Gasteiger partial charge in [0.2, 0.25) is 0 Å². The number of aryl methyl sites for hydroxylation is 1. The highest BCUT2D eigenvalue weighted by atomic mass is 16.3. The molecule has 1 fully saturated rings. The molecule has 4 heteroatoms. The fourth-order valence-electron chi connectivity index (χ4n) is 3.82. The number of fused-ring (bicyclic) bond motifs is 1. The maximum absolute atomic E-state index is 13.1. The predicted octanol–water partition coefficient (Wildman–Crippen LogP) is 4.27. The summed E-state index contributed by atoms with van der Waals surface area (Å²) in [7, 11) is 0. The van der Waals surface area contributed by atoms with Crippen LogP contribution >= 0.6 is 0 Å². The number of piperidine rings is 1. The van der Waals surface area contributed by atoms with Crippen LogP contribution in [0.25, 0.3) is 10.9 Å². The SMILES string of the molecule is Cc1cc(C(=O)N2CCC(c3ccc(O)cc3)CC2)c2ccccc2n1. The molecule has 1 aromatic heterocycles. The number of rotatable bonds is 2. The van der Waals surface area contributed by atoms with E-state index in [-0.39, 0.29) is 5.91 Å². The zero-order valence-corrected chi connectivity index (χ0v) is 14.9. The Morgan fingerprint density at radius 1 is 1.08 bits per heavy atom. The van der Waals surface area contributed by atoms with Crippen LogP contribution in [0.1, 0.15) is 40.4 Å². The van der Waals surface area contributed by atoms with E-state index in [1.54, 1.807) is 12.1 Å². The van der Waals surface area contributed by atoms with Gasteiger partial charge in [0.05, 0.1) is 11.1 Å². The minimum atomic E-state index is 0.0934. The van der Waals surface area contributed by atoms with E-state index in [1.165, 1.54) is 5.56 Å². The van der Waals surface area contributed by atoms with E-state index in [0.717, 1.165) is 48.1 Å². The summed E-state index contributed by atoms with van der Waals surface area (Å²) < 4.78 is 0. The van der Waals surface area contributed by atoms with Crippen molar-refractivity contribution in [3.8, 4) is 5.75 Å². The highest BCUT2D eigenvalue weighted by Crippen LogP contribution is 2.30. The van der Waals surface area contributed by atoms with E-state index < -0.39 is 0 Å². The topological polar surface area (TPSA) is 53.4 Å². The van der Waals surface area contributed by atoms with E-state index in [2.05, 4.69) is 4.98 Å². The van der Waals surface area contributed by atoms with Crippen LogP contribution in [0.2, 0.25) is 0 Å². The number of phenols is 1. The van der Waals surface area contributed by atoms with Gasteiger partial charge in [-0.05, 0) is 55.5 Å². The molecule has 26 heavy (non-hydrogen) atoms. The fraction of sp³-hybridized carbons (Fsp3) is 0.273. The molecule has 0 radical (unpaired) electrons. The van der Waals surface area contributed by atoms with Crippen molar-refractivity contribution in [3.63, 3.8) is 0 Å². The summed E-state index contributed by atoms with van der Waals surface area (Å²) in [6.07, 6.45) is 1.89. The maximum Gasteiger partial charge on any atom is 0.254 e. The van der Waals surface area contributed by atoms with Gasteiger partial charge in [-0.2, -0.15) is 0 Å². The van der Waals surface area contributed by atoms with Crippen molar-refractivity contribution < 1.29 is 9.90 Å². The van der Waals surface area contributed by atoms with Crippen LogP contribution in [-0.4, -0.2) is 34.0 Å². The lowest BCUT2D eigenvalue weighted by atomic mass is 9.89. The Morgan fingerprint density at radius 2 is 1.77 bits per heavy atom. The van der Waals surface area contributed by atoms with Crippen molar-refractivity contribution in [1.29, 1.82) is 0 Å². The molecule has 1 amide bonds. The molecule has 0 saturated carbocycles. The van der Waals surface area contributed by atoms with Gasteiger partial charge in [-0.1, -0.05) is 30.3 Å². The highest BCUT2D eigenvalue weighted by molar-refractivity contribution is 6.06. The number of aromatic hydroxyl groups is 1. The molecule has 0 spiro atoms. The normalized spacial score (nSPS) is 15.3. The first-order valence-corrected chi connectivity index (χ1v) is 9.06. The number of hydrogen-bond acceptors (Lipinski definition) is 3. The third-order valence-corrected chi connectivity index (χ3v) is 5.22. The lowest BCUT2D eigenvalue weighted by molar-refractivity contribution is 0.0715. The summed E-state index contributed by atoms with van der Waals surface area (Å²) in [5.41, 5.74) is 3.72. The Kier molecular flexibility index (Phi) is 4.33. The Morgan fingerprint density at radius 3 is 2.50 bits per heavy atom. The second-order valence-corrected chi connectivity index (χ2v) is 6.99. The van der Waals surface area contributed by atoms with Gasteiger partial charge in [-0.3, -0.25) is 9.78 Å². The third kappa shape index (κ3) is 3.15. The minimum Gasteiger partial charge on any atom is -0.508 e.